The minimum atomic E-state index is -1.08. The van der Waals surface area contributed by atoms with Crippen LogP contribution in [0.5, 0.6) is 0 Å². The Hall–Kier alpha value is -1.54. The van der Waals surface area contributed by atoms with Gasteiger partial charge in [-0.2, -0.15) is 11.8 Å². The van der Waals surface area contributed by atoms with Gasteiger partial charge in [0, 0.05) is 24.0 Å². The van der Waals surface area contributed by atoms with Crippen LogP contribution in [0, 0.1) is 0 Å². The number of hydrogen-bond acceptors (Lipinski definition) is 8. The number of rotatable bonds is 11. The summed E-state index contributed by atoms with van der Waals surface area (Å²) in [5.41, 5.74) is -0.364. The van der Waals surface area contributed by atoms with E-state index in [4.69, 9.17) is 14.2 Å². The maximum Gasteiger partial charge on any atom is 0.333 e. The molecule has 0 saturated carbocycles. The van der Waals surface area contributed by atoms with Gasteiger partial charge in [-0.05, 0) is 20.8 Å². The Kier molecular flexibility index (Phi) is 10.4. The molecule has 0 bridgehead atoms. The molecular weight excluding hydrogens is 336 g/mol. The molecule has 0 amide bonds. The van der Waals surface area contributed by atoms with Crippen LogP contribution in [0.1, 0.15) is 34.1 Å². The van der Waals surface area contributed by atoms with Crippen molar-refractivity contribution in [1.29, 1.82) is 0 Å². The molecule has 0 saturated heterocycles. The summed E-state index contributed by atoms with van der Waals surface area (Å²) >= 11 is 1.46. The van der Waals surface area contributed by atoms with E-state index in [1.54, 1.807) is 13.8 Å². The van der Waals surface area contributed by atoms with Crippen molar-refractivity contribution in [3.63, 3.8) is 0 Å². The van der Waals surface area contributed by atoms with Crippen molar-refractivity contribution in [3.8, 4) is 0 Å². The van der Waals surface area contributed by atoms with Crippen LogP contribution in [-0.4, -0.2) is 59.4 Å². The minimum absolute atomic E-state index is 0.166. The molecule has 1 N–H and O–H groups in total. The maximum absolute atomic E-state index is 11.5. The highest BCUT2D eigenvalue weighted by Gasteiger charge is 2.21. The molecule has 0 aliphatic carbocycles. The standard InChI is InChI=1S/C16H26O7S/c1-11(2)15(20)22-9-13(18)8-21-14(19)6-7-24-10-16(4,5)23-12(3)17/h13,18H,1,6-10H2,2-5H3. The van der Waals surface area contributed by atoms with Gasteiger partial charge in [-0.15, -0.1) is 0 Å². The summed E-state index contributed by atoms with van der Waals surface area (Å²) in [4.78, 5) is 33.6. The fourth-order valence-corrected chi connectivity index (χ4v) is 2.50. The predicted molar refractivity (Wildman–Crippen MR) is 90.5 cm³/mol. The van der Waals surface area contributed by atoms with Crippen LogP contribution in [0.15, 0.2) is 12.2 Å². The van der Waals surface area contributed by atoms with Crippen molar-refractivity contribution < 1.29 is 33.7 Å². The van der Waals surface area contributed by atoms with E-state index < -0.39 is 23.6 Å². The van der Waals surface area contributed by atoms with Crippen LogP contribution in [0.4, 0.5) is 0 Å². The Morgan fingerprint density at radius 1 is 1.17 bits per heavy atom. The lowest BCUT2D eigenvalue weighted by Crippen LogP contribution is -2.30. The number of ether oxygens (including phenoxy) is 3. The van der Waals surface area contributed by atoms with Gasteiger partial charge in [-0.3, -0.25) is 9.59 Å². The molecule has 0 aromatic rings. The molecule has 0 aromatic heterocycles. The molecule has 0 aliphatic rings. The number of aliphatic hydroxyl groups excluding tert-OH is 1. The average molecular weight is 362 g/mol. The molecule has 0 radical (unpaired) electrons. The fourth-order valence-electron chi connectivity index (χ4n) is 1.50. The lowest BCUT2D eigenvalue weighted by atomic mass is 10.2. The molecule has 1 unspecified atom stereocenters. The largest absolute Gasteiger partial charge is 0.463 e. The molecular formula is C16H26O7S. The van der Waals surface area contributed by atoms with E-state index in [-0.39, 0.29) is 31.2 Å². The van der Waals surface area contributed by atoms with Gasteiger partial charge in [0.05, 0.1) is 6.42 Å². The summed E-state index contributed by atoms with van der Waals surface area (Å²) in [7, 11) is 0. The first kappa shape index (κ1) is 22.5. The second kappa shape index (κ2) is 11.1. The Balaban J connectivity index is 3.81. The molecule has 8 heteroatoms. The molecule has 0 rings (SSSR count). The van der Waals surface area contributed by atoms with Crippen molar-refractivity contribution in [1.82, 2.24) is 0 Å². The van der Waals surface area contributed by atoms with Gasteiger partial charge in [0.1, 0.15) is 24.9 Å². The SMILES string of the molecule is C=C(C)C(=O)OCC(O)COC(=O)CCSCC(C)(C)OC(C)=O. The average Bonchev–Trinajstić information content (AvgIpc) is 2.45. The van der Waals surface area contributed by atoms with Crippen LogP contribution in [0.2, 0.25) is 0 Å². The lowest BCUT2D eigenvalue weighted by molar-refractivity contribution is -0.152. The van der Waals surface area contributed by atoms with Crippen molar-refractivity contribution in [2.45, 2.75) is 45.8 Å². The van der Waals surface area contributed by atoms with Gasteiger partial charge in [-0.1, -0.05) is 6.58 Å². The molecule has 138 valence electrons. The molecule has 1 atom stereocenters. The minimum Gasteiger partial charge on any atom is -0.463 e. The summed E-state index contributed by atoms with van der Waals surface area (Å²) in [6.45, 7) is 9.34. The highest BCUT2D eigenvalue weighted by atomic mass is 32.2. The number of carbonyl (C=O) groups excluding carboxylic acids is 3. The summed E-state index contributed by atoms with van der Waals surface area (Å²) in [6.07, 6.45) is -0.910. The second-order valence-electron chi connectivity index (χ2n) is 5.87. The third kappa shape index (κ3) is 12.0. The number of thioether (sulfide) groups is 1. The zero-order valence-corrected chi connectivity index (χ0v) is 15.4. The normalized spacial score (nSPS) is 12.2. The van der Waals surface area contributed by atoms with E-state index in [9.17, 15) is 19.5 Å². The van der Waals surface area contributed by atoms with E-state index in [2.05, 4.69) is 6.58 Å². The fraction of sp³-hybridized carbons (Fsp3) is 0.688. The summed E-state index contributed by atoms with van der Waals surface area (Å²) in [5.74, 6) is -0.351. The van der Waals surface area contributed by atoms with Crippen molar-refractivity contribution in [3.05, 3.63) is 12.2 Å². The van der Waals surface area contributed by atoms with E-state index in [1.807, 2.05) is 0 Å². The van der Waals surface area contributed by atoms with Gasteiger partial charge in [0.2, 0.25) is 0 Å². The smallest absolute Gasteiger partial charge is 0.333 e. The number of hydrogen-bond donors (Lipinski definition) is 1. The van der Waals surface area contributed by atoms with Crippen LogP contribution >= 0.6 is 11.8 Å². The van der Waals surface area contributed by atoms with Crippen LogP contribution < -0.4 is 0 Å². The Morgan fingerprint density at radius 3 is 2.29 bits per heavy atom. The Labute approximate surface area is 146 Å². The summed E-state index contributed by atoms with van der Waals surface area (Å²) in [5, 5.41) is 9.55. The van der Waals surface area contributed by atoms with Crippen LogP contribution in [0.25, 0.3) is 0 Å². The van der Waals surface area contributed by atoms with Crippen molar-refractivity contribution in [2.75, 3.05) is 24.7 Å². The molecule has 7 nitrogen and oxygen atoms in total. The number of carbonyl (C=O) groups is 3. The van der Waals surface area contributed by atoms with Gasteiger partial charge in [0.25, 0.3) is 0 Å². The van der Waals surface area contributed by atoms with Gasteiger partial charge >= 0.3 is 17.9 Å². The molecule has 0 heterocycles. The first-order valence-corrected chi connectivity index (χ1v) is 8.62. The second-order valence-corrected chi connectivity index (χ2v) is 6.98. The highest BCUT2D eigenvalue weighted by Crippen LogP contribution is 2.18. The van der Waals surface area contributed by atoms with E-state index in [0.29, 0.717) is 11.5 Å². The predicted octanol–water partition coefficient (Wildman–Crippen LogP) is 1.47. The molecule has 0 aromatic carbocycles. The number of aliphatic hydroxyl groups is 1. The van der Waals surface area contributed by atoms with Gasteiger partial charge in [-0.25, -0.2) is 4.79 Å². The van der Waals surface area contributed by atoms with Gasteiger partial charge < -0.3 is 19.3 Å². The van der Waals surface area contributed by atoms with Crippen LogP contribution in [-0.2, 0) is 28.6 Å². The van der Waals surface area contributed by atoms with E-state index >= 15 is 0 Å². The topological polar surface area (TPSA) is 99.1 Å². The maximum atomic E-state index is 11.5. The van der Waals surface area contributed by atoms with Crippen LogP contribution in [0.3, 0.4) is 0 Å². The molecule has 0 aliphatic heterocycles. The Bertz CT molecular complexity index is 459. The van der Waals surface area contributed by atoms with Gasteiger partial charge in [0.15, 0.2) is 0 Å². The summed E-state index contributed by atoms with van der Waals surface area (Å²) in [6, 6.07) is 0. The quantitative estimate of drug-likeness (QED) is 0.255. The molecule has 0 spiro atoms. The first-order valence-electron chi connectivity index (χ1n) is 7.47. The monoisotopic (exact) mass is 362 g/mol. The zero-order chi connectivity index (χ0) is 18.8. The van der Waals surface area contributed by atoms with E-state index in [1.165, 1.54) is 25.6 Å². The van der Waals surface area contributed by atoms with E-state index in [0.717, 1.165) is 0 Å². The van der Waals surface area contributed by atoms with Crippen molar-refractivity contribution >= 4 is 29.7 Å². The molecule has 0 fully saturated rings. The van der Waals surface area contributed by atoms with Crippen molar-refractivity contribution in [2.24, 2.45) is 0 Å². The Morgan fingerprint density at radius 2 is 1.75 bits per heavy atom. The number of esters is 3. The summed E-state index contributed by atoms with van der Waals surface area (Å²) < 4.78 is 14.8. The zero-order valence-electron chi connectivity index (χ0n) is 14.6. The third-order valence-electron chi connectivity index (χ3n) is 2.51. The third-order valence-corrected chi connectivity index (χ3v) is 3.90. The first-order chi connectivity index (χ1) is 11.0. The highest BCUT2D eigenvalue weighted by molar-refractivity contribution is 7.99. The lowest BCUT2D eigenvalue weighted by Gasteiger charge is -2.23. The molecule has 24 heavy (non-hydrogen) atoms.